The number of fused-ring (bicyclic) bond motifs is 1. The fraction of sp³-hybridized carbons (Fsp3) is 0.182. The zero-order chi connectivity index (χ0) is 22.0. The molecule has 4 rings (SSSR count). The molecule has 0 saturated heterocycles. The van der Waals surface area contributed by atoms with Crippen LogP contribution in [0.25, 0.3) is 5.69 Å². The molecular formula is C22H20Cl2N4O3. The Morgan fingerprint density at radius 1 is 1.13 bits per heavy atom. The maximum atomic E-state index is 12.1. The number of nitrogens with zero attached hydrogens (tertiary/aromatic N) is 2. The molecule has 0 fully saturated rings. The third kappa shape index (κ3) is 4.62. The van der Waals surface area contributed by atoms with Crippen molar-refractivity contribution in [3.05, 3.63) is 69.5 Å². The molecule has 2 N–H and O–H groups in total. The molecule has 9 heteroatoms. The average Bonchev–Trinajstić information content (AvgIpc) is 3.31. The normalized spacial score (nSPS) is 12.4. The zero-order valence-corrected chi connectivity index (χ0v) is 18.4. The quantitative estimate of drug-likeness (QED) is 0.414. The topological polar surface area (TPSA) is 76.9 Å². The van der Waals surface area contributed by atoms with E-state index in [1.165, 1.54) is 0 Å². The molecule has 0 unspecified atom stereocenters. The smallest absolute Gasteiger partial charge is 0.259 e. The van der Waals surface area contributed by atoms with Crippen LogP contribution in [0.2, 0.25) is 10.0 Å². The van der Waals surface area contributed by atoms with Crippen LogP contribution in [-0.2, 0) is 4.79 Å². The fourth-order valence-corrected chi connectivity index (χ4v) is 3.85. The number of hydrazone groups is 1. The highest BCUT2D eigenvalue weighted by molar-refractivity contribution is 6.35. The number of anilines is 1. The van der Waals surface area contributed by atoms with Crippen molar-refractivity contribution in [3.63, 3.8) is 0 Å². The number of halogens is 2. The highest BCUT2D eigenvalue weighted by atomic mass is 35.5. The first-order chi connectivity index (χ1) is 14.9. The number of benzene rings is 2. The number of ether oxygens (including phenoxy) is 2. The third-order valence-electron chi connectivity index (χ3n) is 4.84. The van der Waals surface area contributed by atoms with Crippen molar-refractivity contribution in [1.82, 2.24) is 9.99 Å². The van der Waals surface area contributed by atoms with Gasteiger partial charge in [-0.15, -0.1) is 0 Å². The molecule has 1 aliphatic rings. The van der Waals surface area contributed by atoms with E-state index in [1.54, 1.807) is 30.5 Å². The summed E-state index contributed by atoms with van der Waals surface area (Å²) in [5.41, 5.74) is 6.91. The molecule has 31 heavy (non-hydrogen) atoms. The first-order valence-corrected chi connectivity index (χ1v) is 10.3. The number of amides is 1. The monoisotopic (exact) mass is 458 g/mol. The van der Waals surface area contributed by atoms with Gasteiger partial charge in [-0.3, -0.25) is 4.79 Å². The van der Waals surface area contributed by atoms with E-state index in [2.05, 4.69) is 15.8 Å². The minimum Gasteiger partial charge on any atom is -0.454 e. The first-order valence-electron chi connectivity index (χ1n) is 9.52. The second-order valence-corrected chi connectivity index (χ2v) is 7.82. The van der Waals surface area contributed by atoms with Gasteiger partial charge in [0.25, 0.3) is 5.91 Å². The van der Waals surface area contributed by atoms with Crippen molar-refractivity contribution in [2.45, 2.75) is 13.8 Å². The van der Waals surface area contributed by atoms with Crippen LogP contribution in [0, 0.1) is 13.8 Å². The summed E-state index contributed by atoms with van der Waals surface area (Å²) in [6.45, 7) is 4.21. The molecule has 0 bridgehead atoms. The summed E-state index contributed by atoms with van der Waals surface area (Å²) >= 11 is 12.4. The lowest BCUT2D eigenvalue weighted by Crippen LogP contribution is -2.25. The van der Waals surface area contributed by atoms with E-state index in [4.69, 9.17) is 32.7 Å². The summed E-state index contributed by atoms with van der Waals surface area (Å²) in [7, 11) is 0. The summed E-state index contributed by atoms with van der Waals surface area (Å²) in [6.07, 6.45) is 1.61. The van der Waals surface area contributed by atoms with Crippen LogP contribution < -0.4 is 20.2 Å². The molecule has 0 radical (unpaired) electrons. The van der Waals surface area contributed by atoms with Crippen molar-refractivity contribution < 1.29 is 14.3 Å². The minimum absolute atomic E-state index is 0.0659. The number of hydrogen-bond donors (Lipinski definition) is 2. The van der Waals surface area contributed by atoms with Crippen LogP contribution in [0.1, 0.15) is 17.0 Å². The Balaban J connectivity index is 1.38. The lowest BCUT2D eigenvalue weighted by Gasteiger charge is -2.11. The summed E-state index contributed by atoms with van der Waals surface area (Å²) < 4.78 is 12.6. The molecular weight excluding hydrogens is 439 g/mol. The average molecular weight is 459 g/mol. The van der Waals surface area contributed by atoms with Crippen LogP contribution in [0.4, 0.5) is 5.69 Å². The van der Waals surface area contributed by atoms with Gasteiger partial charge in [0.05, 0.1) is 23.5 Å². The molecule has 1 amide bonds. The fourth-order valence-electron chi connectivity index (χ4n) is 3.35. The van der Waals surface area contributed by atoms with Gasteiger partial charge in [0, 0.05) is 33.7 Å². The number of carbonyl (C=O) groups excluding carboxylic acids is 1. The van der Waals surface area contributed by atoms with Crippen LogP contribution in [0.15, 0.2) is 47.6 Å². The van der Waals surface area contributed by atoms with Gasteiger partial charge < -0.3 is 19.4 Å². The Labute approximate surface area is 189 Å². The largest absolute Gasteiger partial charge is 0.454 e. The molecule has 7 nitrogen and oxygen atoms in total. The SMILES string of the molecule is Cc1cc(/C=N\NC(=O)CNc2ccc3c(c2)OCO3)c(C)n1-c1ccc(Cl)cc1Cl. The van der Waals surface area contributed by atoms with Crippen molar-refractivity contribution in [3.8, 4) is 17.2 Å². The Morgan fingerprint density at radius 2 is 1.94 bits per heavy atom. The van der Waals surface area contributed by atoms with Crippen molar-refractivity contribution in [1.29, 1.82) is 0 Å². The van der Waals surface area contributed by atoms with E-state index in [0.717, 1.165) is 28.3 Å². The van der Waals surface area contributed by atoms with Crippen LogP contribution in [0.3, 0.4) is 0 Å². The predicted molar refractivity (Wildman–Crippen MR) is 122 cm³/mol. The Bertz CT molecular complexity index is 1170. The first kappa shape index (κ1) is 21.1. The summed E-state index contributed by atoms with van der Waals surface area (Å²) in [5.74, 6) is 1.07. The predicted octanol–water partition coefficient (Wildman–Crippen LogP) is 4.69. The van der Waals surface area contributed by atoms with Gasteiger partial charge in [-0.05, 0) is 50.2 Å². The van der Waals surface area contributed by atoms with E-state index in [9.17, 15) is 4.79 Å². The summed E-state index contributed by atoms with van der Waals surface area (Å²) in [6, 6.07) is 12.7. The maximum Gasteiger partial charge on any atom is 0.259 e. The lowest BCUT2D eigenvalue weighted by molar-refractivity contribution is -0.119. The number of nitrogens with one attached hydrogen (secondary N) is 2. The highest BCUT2D eigenvalue weighted by Gasteiger charge is 2.14. The molecule has 2 heterocycles. The van der Waals surface area contributed by atoms with Crippen LogP contribution in [-0.4, -0.2) is 30.0 Å². The molecule has 160 valence electrons. The van der Waals surface area contributed by atoms with Gasteiger partial charge in [-0.1, -0.05) is 23.2 Å². The third-order valence-corrected chi connectivity index (χ3v) is 5.38. The molecule has 1 aliphatic heterocycles. The molecule has 2 aromatic carbocycles. The number of carbonyl (C=O) groups is 1. The van der Waals surface area contributed by atoms with Crippen molar-refractivity contribution in [2.75, 3.05) is 18.7 Å². The second-order valence-electron chi connectivity index (χ2n) is 6.97. The van der Waals surface area contributed by atoms with E-state index < -0.39 is 0 Å². The van der Waals surface area contributed by atoms with Gasteiger partial charge in [-0.2, -0.15) is 5.10 Å². The molecule has 0 spiro atoms. The Hall–Kier alpha value is -3.16. The minimum atomic E-state index is -0.275. The van der Waals surface area contributed by atoms with E-state index in [0.29, 0.717) is 21.5 Å². The van der Waals surface area contributed by atoms with Crippen LogP contribution in [0.5, 0.6) is 11.5 Å². The number of rotatable bonds is 6. The van der Waals surface area contributed by atoms with Gasteiger partial charge >= 0.3 is 0 Å². The van der Waals surface area contributed by atoms with Crippen LogP contribution >= 0.6 is 23.2 Å². The molecule has 0 saturated carbocycles. The number of aryl methyl sites for hydroxylation is 1. The lowest BCUT2D eigenvalue weighted by atomic mass is 10.2. The molecule has 3 aromatic rings. The Kier molecular flexibility index (Phi) is 6.06. The van der Waals surface area contributed by atoms with E-state index in [-0.39, 0.29) is 19.2 Å². The summed E-state index contributed by atoms with van der Waals surface area (Å²) in [4.78, 5) is 12.1. The number of hydrogen-bond acceptors (Lipinski definition) is 5. The standard InChI is InChI=1S/C22H20Cl2N4O3/c1-13-7-15(14(2)28(13)19-5-3-16(23)8-18(19)24)10-26-27-22(29)11-25-17-4-6-20-21(9-17)31-12-30-20/h3-10,25H,11-12H2,1-2H3,(H,27,29)/b26-10-. The molecule has 0 aliphatic carbocycles. The van der Waals surface area contributed by atoms with Gasteiger partial charge in [0.2, 0.25) is 6.79 Å². The van der Waals surface area contributed by atoms with Gasteiger partial charge in [-0.25, -0.2) is 5.43 Å². The molecule has 0 atom stereocenters. The summed E-state index contributed by atoms with van der Waals surface area (Å²) in [5, 5.41) is 8.24. The van der Waals surface area contributed by atoms with Crippen molar-refractivity contribution >= 4 is 41.0 Å². The molecule has 1 aromatic heterocycles. The second kappa shape index (κ2) is 8.91. The number of aromatic nitrogens is 1. The van der Waals surface area contributed by atoms with Gasteiger partial charge in [0.15, 0.2) is 11.5 Å². The maximum absolute atomic E-state index is 12.1. The zero-order valence-electron chi connectivity index (χ0n) is 16.9. The van der Waals surface area contributed by atoms with E-state index in [1.807, 2.05) is 36.6 Å². The van der Waals surface area contributed by atoms with Crippen molar-refractivity contribution in [2.24, 2.45) is 5.10 Å². The highest BCUT2D eigenvalue weighted by Crippen LogP contribution is 2.34. The van der Waals surface area contributed by atoms with Gasteiger partial charge in [0.1, 0.15) is 0 Å². The van der Waals surface area contributed by atoms with E-state index >= 15 is 0 Å². The Morgan fingerprint density at radius 3 is 2.74 bits per heavy atom.